The van der Waals surface area contributed by atoms with Crippen molar-refractivity contribution in [1.82, 2.24) is 48.8 Å². The highest BCUT2D eigenvalue weighted by molar-refractivity contribution is 6.19. The van der Waals surface area contributed by atoms with E-state index in [-0.39, 0.29) is 18.2 Å². The molecular weight excluding hydrogens is 1020 g/mol. The molecule has 6 aromatic heterocycles. The van der Waals surface area contributed by atoms with Crippen LogP contribution in [-0.4, -0.2) is 143 Å². The number of hydrogen-bond donors (Lipinski definition) is 4. The van der Waals surface area contributed by atoms with Gasteiger partial charge in [0.1, 0.15) is 22.8 Å². The Labute approximate surface area is 465 Å². The average molecular weight is 1090 g/mol. The molecule has 5 N–H and O–H groups in total. The highest BCUT2D eigenvalue weighted by Gasteiger charge is 2.29. The Kier molecular flexibility index (Phi) is 16.9. The summed E-state index contributed by atoms with van der Waals surface area (Å²) in [7, 11) is 15.3. The van der Waals surface area contributed by atoms with Crippen molar-refractivity contribution in [1.29, 1.82) is 0 Å². The Bertz CT molecular complexity index is 3590. The van der Waals surface area contributed by atoms with E-state index in [0.29, 0.717) is 81.0 Å². The number of pyridine rings is 2. The van der Waals surface area contributed by atoms with Crippen molar-refractivity contribution in [3.63, 3.8) is 0 Å². The van der Waals surface area contributed by atoms with E-state index >= 15 is 0 Å². The molecule has 408 valence electrons. The first-order chi connectivity index (χ1) is 38.2. The van der Waals surface area contributed by atoms with Crippen LogP contribution in [0.15, 0.2) is 85.7 Å². The summed E-state index contributed by atoms with van der Waals surface area (Å²) < 4.78 is 15.8. The van der Waals surface area contributed by atoms with Gasteiger partial charge in [-0.1, -0.05) is 0 Å². The Hall–Kier alpha value is -8.76. The van der Waals surface area contributed by atoms with Crippen LogP contribution < -0.4 is 41.0 Å². The van der Waals surface area contributed by atoms with Crippen LogP contribution in [0.1, 0.15) is 44.2 Å². The fourth-order valence-corrected chi connectivity index (χ4v) is 9.32. The van der Waals surface area contributed by atoms with Crippen molar-refractivity contribution in [2.24, 2.45) is 0 Å². The molecule has 0 spiro atoms. The topological polar surface area (TPSA) is 207 Å². The molecule has 0 saturated heterocycles. The molecule has 21 nitrogen and oxygen atoms in total. The zero-order chi connectivity index (χ0) is 55.9. The standard InChI is InChI=1S/C30H34ClN9O2.C27H31N9O/c1-32-24-17-34-30(37-28(24)21-18-40(19-8-9-19)29-20(21)7-6-12-33-29)36-23-15-22(35-27(41)10-11-31)25(16-26(23)42-5)39(4)14-13-38(2)3;1-29-22-15-31-27(32-21-13-20(28)23(14-24(21)37-5)35(4)12-11-34(2)3)33-25(22)19-16-36(17-8-9-17)26-18(19)7-6-10-30-26/h6-7,12,15-19H,8-11,13-14H2,2-5H3,(H,35,41)(H,34,36,37);6-7,10,13-17H,8-9,11-12,28H2,2-5H3,(H,31,32,33). The fraction of sp³-hybridized carbons (Fsp3) is 0.351. The van der Waals surface area contributed by atoms with Crippen LogP contribution >= 0.6 is 11.6 Å². The van der Waals surface area contributed by atoms with Gasteiger partial charge in [0, 0.05) is 136 Å². The molecule has 2 aliphatic carbocycles. The second-order valence-corrected chi connectivity index (χ2v) is 20.4. The lowest BCUT2D eigenvalue weighted by atomic mass is 10.1. The van der Waals surface area contributed by atoms with Crippen molar-refractivity contribution in [3.05, 3.63) is 109 Å². The predicted molar refractivity (Wildman–Crippen MR) is 315 cm³/mol. The number of ether oxygens (including phenoxy) is 2. The lowest BCUT2D eigenvalue weighted by Gasteiger charge is -2.26. The van der Waals surface area contributed by atoms with E-state index < -0.39 is 0 Å². The minimum absolute atomic E-state index is 0.186. The average Bonchev–Trinajstić information content (AvgIpc) is 4.59. The van der Waals surface area contributed by atoms with Gasteiger partial charge in [-0.2, -0.15) is 0 Å². The minimum atomic E-state index is -0.191. The molecule has 0 unspecified atom stereocenters. The number of hydrogen-bond acceptors (Lipinski definition) is 16. The zero-order valence-electron chi connectivity index (χ0n) is 45.7. The first-order valence-electron chi connectivity index (χ1n) is 25.9. The van der Waals surface area contributed by atoms with Crippen LogP contribution in [0.25, 0.3) is 54.3 Å². The molecule has 2 saturated carbocycles. The molecule has 0 atom stereocenters. The van der Waals surface area contributed by atoms with Crippen LogP contribution in [0.3, 0.4) is 0 Å². The highest BCUT2D eigenvalue weighted by Crippen LogP contribution is 2.45. The molecular formula is C57H65ClN18O3. The number of rotatable bonds is 21. The van der Waals surface area contributed by atoms with E-state index in [1.54, 1.807) is 38.9 Å². The smallest absolute Gasteiger partial charge is 0.231 e. The van der Waals surface area contributed by atoms with Crippen molar-refractivity contribution in [2.75, 3.05) is 120 Å². The molecule has 0 aliphatic heterocycles. The van der Waals surface area contributed by atoms with E-state index in [2.05, 4.69) is 80.5 Å². The second kappa shape index (κ2) is 24.3. The van der Waals surface area contributed by atoms with Gasteiger partial charge in [-0.3, -0.25) is 4.79 Å². The number of carbonyl (C=O) groups excluding carboxylic acids is 1. The van der Waals surface area contributed by atoms with Crippen molar-refractivity contribution in [2.45, 2.75) is 44.2 Å². The van der Waals surface area contributed by atoms with Gasteiger partial charge < -0.3 is 59.9 Å². The Balaban J connectivity index is 0.000000193. The van der Waals surface area contributed by atoms with Crippen molar-refractivity contribution >= 4 is 97.0 Å². The third kappa shape index (κ3) is 12.5. The van der Waals surface area contributed by atoms with E-state index in [1.807, 2.05) is 90.9 Å². The van der Waals surface area contributed by atoms with Crippen LogP contribution in [0.2, 0.25) is 0 Å². The van der Waals surface area contributed by atoms with E-state index in [9.17, 15) is 4.79 Å². The number of nitrogens with two attached hydrogens (primary N) is 1. The summed E-state index contributed by atoms with van der Waals surface area (Å²) in [5.74, 6) is 1.84. The van der Waals surface area contributed by atoms with E-state index in [4.69, 9.17) is 49.9 Å². The fourth-order valence-electron chi connectivity index (χ4n) is 9.15. The quantitative estimate of drug-likeness (QED) is 0.0300. The minimum Gasteiger partial charge on any atom is -0.494 e. The number of amides is 1. The van der Waals surface area contributed by atoms with Gasteiger partial charge in [0.15, 0.2) is 0 Å². The summed E-state index contributed by atoms with van der Waals surface area (Å²) in [6.45, 7) is 18.8. The van der Waals surface area contributed by atoms with Gasteiger partial charge in [-0.05, 0) is 90.3 Å². The Morgan fingerprint density at radius 3 is 1.59 bits per heavy atom. The maximum Gasteiger partial charge on any atom is 0.231 e. The number of anilines is 8. The van der Waals surface area contributed by atoms with E-state index in [0.717, 1.165) is 96.4 Å². The first-order valence-corrected chi connectivity index (χ1v) is 26.5. The Morgan fingerprint density at radius 2 is 1.15 bits per heavy atom. The molecule has 10 rings (SSSR count). The third-order valence-electron chi connectivity index (χ3n) is 13.7. The number of methoxy groups -OCH3 is 2. The number of fused-ring (bicyclic) bond motifs is 2. The monoisotopic (exact) mass is 1080 g/mol. The number of carbonyl (C=O) groups is 1. The number of halogens is 1. The van der Waals surface area contributed by atoms with Gasteiger partial charge in [0.05, 0.1) is 72.9 Å². The molecule has 22 heteroatoms. The number of nitrogen functional groups attached to an aromatic ring is 1. The number of aromatic nitrogens is 8. The number of alkyl halides is 1. The van der Waals surface area contributed by atoms with Crippen LogP contribution in [0, 0.1) is 13.1 Å². The van der Waals surface area contributed by atoms with Crippen LogP contribution in [-0.2, 0) is 4.79 Å². The maximum atomic E-state index is 12.6. The maximum absolute atomic E-state index is 12.6. The van der Waals surface area contributed by atoms with E-state index in [1.165, 1.54) is 6.20 Å². The van der Waals surface area contributed by atoms with Gasteiger partial charge in [0.25, 0.3) is 0 Å². The van der Waals surface area contributed by atoms with Gasteiger partial charge in [-0.15, -0.1) is 11.6 Å². The summed E-state index contributed by atoms with van der Waals surface area (Å²) in [4.78, 5) is 56.0. The third-order valence-corrected chi connectivity index (χ3v) is 13.9. The normalized spacial score (nSPS) is 12.9. The summed E-state index contributed by atoms with van der Waals surface area (Å²) in [6, 6.07) is 16.1. The first kappa shape index (κ1) is 55.0. The number of nitrogens with zero attached hydrogens (tertiary/aromatic N) is 14. The number of nitrogens with one attached hydrogen (secondary N) is 3. The van der Waals surface area contributed by atoms with Crippen LogP contribution in [0.5, 0.6) is 11.5 Å². The second-order valence-electron chi connectivity index (χ2n) is 20.1. The molecule has 1 amide bonds. The molecule has 8 aromatic rings. The Morgan fingerprint density at radius 1 is 0.684 bits per heavy atom. The largest absolute Gasteiger partial charge is 0.494 e. The molecule has 2 fully saturated rings. The lowest BCUT2D eigenvalue weighted by molar-refractivity contribution is -0.115. The van der Waals surface area contributed by atoms with Gasteiger partial charge in [-0.25, -0.2) is 39.6 Å². The zero-order valence-corrected chi connectivity index (χ0v) is 46.5. The molecule has 6 heterocycles. The SMILES string of the molecule is [C-]#[N+]c1cnc(Nc2cc(N)c(N(C)CCN(C)C)cc2OC)nc1-c1cn(C2CC2)c2ncccc12.[C-]#[N+]c1cnc(Nc2cc(NC(=O)CCCl)c(N(C)CCN(C)C)cc2OC)nc1-c1cn(C2CC2)c2ncccc12. The lowest BCUT2D eigenvalue weighted by Crippen LogP contribution is -2.29. The summed E-state index contributed by atoms with van der Waals surface area (Å²) in [5, 5.41) is 11.4. The van der Waals surface area contributed by atoms with Crippen molar-refractivity contribution < 1.29 is 14.3 Å². The van der Waals surface area contributed by atoms with Crippen molar-refractivity contribution in [3.8, 4) is 34.0 Å². The molecule has 2 aliphatic rings. The summed E-state index contributed by atoms with van der Waals surface area (Å²) in [5.41, 5.74) is 15.9. The predicted octanol–water partition coefficient (Wildman–Crippen LogP) is 10.4. The summed E-state index contributed by atoms with van der Waals surface area (Å²) in [6.07, 6.45) is 15.4. The van der Waals surface area contributed by atoms with Gasteiger partial charge >= 0.3 is 0 Å². The highest BCUT2D eigenvalue weighted by atomic mass is 35.5. The number of benzene rings is 2. The molecule has 2 aromatic carbocycles. The van der Waals surface area contributed by atoms with Gasteiger partial charge in [0.2, 0.25) is 29.2 Å². The molecule has 79 heavy (non-hydrogen) atoms. The van der Waals surface area contributed by atoms with Crippen LogP contribution in [0.4, 0.5) is 57.4 Å². The number of likely N-dealkylation sites (N-methyl/N-ethyl adjacent to an activating group) is 4. The molecule has 0 radical (unpaired) electrons. The summed E-state index contributed by atoms with van der Waals surface area (Å²) >= 11 is 5.83. The molecule has 0 bridgehead atoms.